The molecule has 2 heterocycles. The number of aromatic nitrogens is 1. The number of carbonyl (C=O) groups is 1. The monoisotopic (exact) mass is 371 g/mol. The van der Waals surface area contributed by atoms with E-state index in [0.29, 0.717) is 5.56 Å². The Hall–Kier alpha value is -3.14. The van der Waals surface area contributed by atoms with Gasteiger partial charge in [-0.2, -0.15) is 0 Å². The van der Waals surface area contributed by atoms with E-state index in [0.717, 1.165) is 35.7 Å². The number of amides is 1. The van der Waals surface area contributed by atoms with Crippen LogP contribution >= 0.6 is 0 Å². The van der Waals surface area contributed by atoms with Gasteiger partial charge in [-0.05, 0) is 62.6 Å². The third-order valence-electron chi connectivity index (χ3n) is 5.30. The van der Waals surface area contributed by atoms with Crippen LogP contribution in [0.25, 0.3) is 11.3 Å². The quantitative estimate of drug-likeness (QED) is 0.684. The molecule has 1 saturated heterocycles. The third kappa shape index (κ3) is 3.77. The van der Waals surface area contributed by atoms with Gasteiger partial charge in [0, 0.05) is 30.0 Å². The number of aryl methyl sites for hydroxylation is 2. The minimum atomic E-state index is -0.127. The number of nitrogens with one attached hydrogen (secondary N) is 1. The minimum Gasteiger partial charge on any atom is -0.371 e. The van der Waals surface area contributed by atoms with Crippen molar-refractivity contribution >= 4 is 17.3 Å². The average molecular weight is 371 g/mol. The Kier molecular flexibility index (Phi) is 5.11. The van der Waals surface area contributed by atoms with Crippen molar-refractivity contribution in [3.8, 4) is 11.3 Å². The number of nitrogens with zero attached hydrogens (tertiary/aromatic N) is 2. The highest BCUT2D eigenvalue weighted by molar-refractivity contribution is 6.05. The van der Waals surface area contributed by atoms with Gasteiger partial charge in [0.05, 0.1) is 17.0 Å². The highest BCUT2D eigenvalue weighted by Gasteiger charge is 2.16. The molecule has 1 fully saturated rings. The second-order valence-electron chi connectivity index (χ2n) is 7.35. The summed E-state index contributed by atoms with van der Waals surface area (Å²) in [6, 6.07) is 19.9. The smallest absolute Gasteiger partial charge is 0.257 e. The summed E-state index contributed by atoms with van der Waals surface area (Å²) in [6.45, 7) is 6.21. The van der Waals surface area contributed by atoms with Gasteiger partial charge in [0.1, 0.15) is 0 Å². The lowest BCUT2D eigenvalue weighted by Crippen LogP contribution is -2.19. The first-order chi connectivity index (χ1) is 13.6. The average Bonchev–Trinajstić information content (AvgIpc) is 3.23. The van der Waals surface area contributed by atoms with Gasteiger partial charge in [-0.15, -0.1) is 0 Å². The molecule has 0 spiro atoms. The fraction of sp³-hybridized carbons (Fsp3) is 0.250. The number of carbonyl (C=O) groups excluding carboxylic acids is 1. The Bertz CT molecular complexity index is 992. The van der Waals surface area contributed by atoms with Gasteiger partial charge in [0.15, 0.2) is 0 Å². The van der Waals surface area contributed by atoms with Crippen molar-refractivity contribution in [2.45, 2.75) is 26.7 Å². The zero-order chi connectivity index (χ0) is 19.5. The first kappa shape index (κ1) is 18.2. The van der Waals surface area contributed by atoms with E-state index in [2.05, 4.69) is 28.2 Å². The van der Waals surface area contributed by atoms with Crippen LogP contribution in [0.2, 0.25) is 0 Å². The molecule has 1 aromatic heterocycles. The Labute approximate surface area is 166 Å². The fourth-order valence-electron chi connectivity index (χ4n) is 3.82. The lowest BCUT2D eigenvalue weighted by atomic mass is 10.1. The van der Waals surface area contributed by atoms with Crippen LogP contribution in [-0.4, -0.2) is 24.0 Å². The molecule has 1 aliphatic rings. The molecule has 0 atom stereocenters. The fourth-order valence-corrected chi connectivity index (χ4v) is 3.82. The highest BCUT2D eigenvalue weighted by atomic mass is 16.1. The zero-order valence-corrected chi connectivity index (χ0v) is 16.4. The molecule has 1 aliphatic heterocycles. The summed E-state index contributed by atoms with van der Waals surface area (Å²) in [5.41, 5.74) is 6.52. The number of hydrogen-bond acceptors (Lipinski definition) is 3. The molecular formula is C24H25N3O. The van der Waals surface area contributed by atoms with Crippen LogP contribution in [0, 0.1) is 13.8 Å². The lowest BCUT2D eigenvalue weighted by Gasteiger charge is -2.20. The second-order valence-corrected chi connectivity index (χ2v) is 7.35. The van der Waals surface area contributed by atoms with Crippen molar-refractivity contribution in [3.63, 3.8) is 0 Å². The first-order valence-corrected chi connectivity index (χ1v) is 9.82. The van der Waals surface area contributed by atoms with Crippen molar-refractivity contribution in [3.05, 3.63) is 77.5 Å². The van der Waals surface area contributed by atoms with Crippen LogP contribution in [0.5, 0.6) is 0 Å². The van der Waals surface area contributed by atoms with Crippen molar-refractivity contribution < 1.29 is 4.79 Å². The maximum absolute atomic E-state index is 12.8. The van der Waals surface area contributed by atoms with Crippen LogP contribution in [0.15, 0.2) is 60.7 Å². The first-order valence-electron chi connectivity index (χ1n) is 9.82. The molecule has 4 rings (SSSR count). The predicted molar refractivity (Wildman–Crippen MR) is 115 cm³/mol. The number of rotatable bonds is 4. The molecule has 1 amide bonds. The van der Waals surface area contributed by atoms with E-state index in [4.69, 9.17) is 0 Å². The standard InChI is InChI=1S/C24H25N3O/c1-17-16-20(10-13-23(17)27-14-6-7-15-27)26-24(28)21-11-12-22(25-18(21)2)19-8-4-3-5-9-19/h3-5,8-13,16H,6-7,14-15H2,1-2H3,(H,26,28). The van der Waals surface area contributed by atoms with Gasteiger partial charge in [0.2, 0.25) is 0 Å². The number of anilines is 2. The maximum atomic E-state index is 12.8. The summed E-state index contributed by atoms with van der Waals surface area (Å²) in [4.78, 5) is 19.8. The molecule has 28 heavy (non-hydrogen) atoms. The molecule has 2 aromatic carbocycles. The van der Waals surface area contributed by atoms with E-state index in [-0.39, 0.29) is 5.91 Å². The van der Waals surface area contributed by atoms with Gasteiger partial charge in [0.25, 0.3) is 5.91 Å². The van der Waals surface area contributed by atoms with Crippen LogP contribution in [-0.2, 0) is 0 Å². The Morgan fingerprint density at radius 3 is 2.39 bits per heavy atom. The van der Waals surface area contributed by atoms with Crippen LogP contribution < -0.4 is 10.2 Å². The van der Waals surface area contributed by atoms with Gasteiger partial charge in [-0.1, -0.05) is 30.3 Å². The number of benzene rings is 2. The molecule has 4 nitrogen and oxygen atoms in total. The molecule has 0 unspecified atom stereocenters. The van der Waals surface area contributed by atoms with Crippen molar-refractivity contribution in [1.29, 1.82) is 0 Å². The largest absolute Gasteiger partial charge is 0.371 e. The molecule has 0 radical (unpaired) electrons. The predicted octanol–water partition coefficient (Wildman–Crippen LogP) is 5.22. The summed E-state index contributed by atoms with van der Waals surface area (Å²) in [7, 11) is 0. The number of hydrogen-bond donors (Lipinski definition) is 1. The molecule has 0 bridgehead atoms. The Balaban J connectivity index is 1.51. The normalized spacial score (nSPS) is 13.6. The molecule has 1 N–H and O–H groups in total. The number of pyridine rings is 1. The summed E-state index contributed by atoms with van der Waals surface area (Å²) >= 11 is 0. The molecule has 4 heteroatoms. The highest BCUT2D eigenvalue weighted by Crippen LogP contribution is 2.27. The molecule has 142 valence electrons. The van der Waals surface area contributed by atoms with Crippen molar-refractivity contribution in [2.75, 3.05) is 23.3 Å². The van der Waals surface area contributed by atoms with Crippen molar-refractivity contribution in [1.82, 2.24) is 4.98 Å². The topological polar surface area (TPSA) is 45.2 Å². The Morgan fingerprint density at radius 1 is 0.964 bits per heavy atom. The van der Waals surface area contributed by atoms with Crippen molar-refractivity contribution in [2.24, 2.45) is 0 Å². The molecule has 0 aliphatic carbocycles. The summed E-state index contributed by atoms with van der Waals surface area (Å²) < 4.78 is 0. The minimum absolute atomic E-state index is 0.127. The SMILES string of the molecule is Cc1cc(NC(=O)c2ccc(-c3ccccc3)nc2C)ccc1N1CCCC1. The van der Waals surface area contributed by atoms with E-state index in [9.17, 15) is 4.79 Å². The van der Waals surface area contributed by atoms with Gasteiger partial charge in [-0.3, -0.25) is 9.78 Å². The van der Waals surface area contributed by atoms with Gasteiger partial charge >= 0.3 is 0 Å². The zero-order valence-electron chi connectivity index (χ0n) is 16.4. The summed E-state index contributed by atoms with van der Waals surface area (Å²) in [6.07, 6.45) is 2.51. The molecule has 3 aromatic rings. The van der Waals surface area contributed by atoms with E-state index < -0.39 is 0 Å². The maximum Gasteiger partial charge on any atom is 0.257 e. The van der Waals surface area contributed by atoms with E-state index in [1.54, 1.807) is 0 Å². The summed E-state index contributed by atoms with van der Waals surface area (Å²) in [5.74, 6) is -0.127. The second kappa shape index (κ2) is 7.85. The summed E-state index contributed by atoms with van der Waals surface area (Å²) in [5, 5.41) is 3.02. The van der Waals surface area contributed by atoms with E-state index >= 15 is 0 Å². The van der Waals surface area contributed by atoms with Gasteiger partial charge < -0.3 is 10.2 Å². The lowest BCUT2D eigenvalue weighted by molar-refractivity contribution is 0.102. The van der Waals surface area contributed by atoms with E-state index in [1.165, 1.54) is 24.1 Å². The molecule has 0 saturated carbocycles. The third-order valence-corrected chi connectivity index (χ3v) is 5.30. The van der Waals surface area contributed by atoms with Crippen LogP contribution in [0.1, 0.15) is 34.5 Å². The molecular weight excluding hydrogens is 346 g/mol. The van der Waals surface area contributed by atoms with Gasteiger partial charge in [-0.25, -0.2) is 0 Å². The van der Waals surface area contributed by atoms with E-state index in [1.807, 2.05) is 61.5 Å². The Morgan fingerprint density at radius 2 is 1.71 bits per heavy atom. The van der Waals surface area contributed by atoms with Crippen LogP contribution in [0.3, 0.4) is 0 Å². The van der Waals surface area contributed by atoms with Crippen LogP contribution in [0.4, 0.5) is 11.4 Å².